The van der Waals surface area contributed by atoms with E-state index in [0.29, 0.717) is 6.10 Å². The summed E-state index contributed by atoms with van der Waals surface area (Å²) in [5, 5.41) is 2.84. The number of hydrogen-bond donors (Lipinski definition) is 2. The molecule has 1 unspecified atom stereocenters. The molecule has 6 heteroatoms. The van der Waals surface area contributed by atoms with Gasteiger partial charge in [-0.05, 0) is 40.9 Å². The van der Waals surface area contributed by atoms with E-state index in [1.165, 1.54) is 0 Å². The summed E-state index contributed by atoms with van der Waals surface area (Å²) in [5.74, 6) is -0.137. The van der Waals surface area contributed by atoms with E-state index in [4.69, 9.17) is 10.5 Å². The first-order valence-electron chi connectivity index (χ1n) is 6.77. The van der Waals surface area contributed by atoms with Crippen molar-refractivity contribution in [1.82, 2.24) is 0 Å². The molecule has 5 nitrogen and oxygen atoms in total. The molecule has 1 aromatic carbocycles. The number of halogens is 1. The number of carbonyl (C=O) groups excluding carboxylic acids is 1. The molecule has 1 saturated heterocycles. The summed E-state index contributed by atoms with van der Waals surface area (Å²) < 4.78 is 6.38. The van der Waals surface area contributed by atoms with Crippen molar-refractivity contribution < 1.29 is 9.53 Å². The van der Waals surface area contributed by atoms with Crippen LogP contribution in [-0.2, 0) is 9.53 Å². The summed E-state index contributed by atoms with van der Waals surface area (Å²) in [4.78, 5) is 13.9. The van der Waals surface area contributed by atoms with Crippen LogP contribution in [0.15, 0.2) is 16.6 Å². The molecule has 0 radical (unpaired) electrons. The number of nitrogens with one attached hydrogen (secondary N) is 1. The highest BCUT2D eigenvalue weighted by Crippen LogP contribution is 2.39. The van der Waals surface area contributed by atoms with Gasteiger partial charge in [0.05, 0.1) is 11.8 Å². The van der Waals surface area contributed by atoms with Crippen molar-refractivity contribution in [1.29, 1.82) is 0 Å². The molecule has 0 aromatic heterocycles. The van der Waals surface area contributed by atoms with Crippen LogP contribution in [0.5, 0.6) is 0 Å². The van der Waals surface area contributed by atoms with Gasteiger partial charge in [0.25, 0.3) is 0 Å². The number of hydrogen-bond acceptors (Lipinski definition) is 4. The summed E-state index contributed by atoms with van der Waals surface area (Å²) in [5.41, 5.74) is 8.65. The Labute approximate surface area is 126 Å². The topological polar surface area (TPSA) is 67.6 Å². The van der Waals surface area contributed by atoms with Crippen molar-refractivity contribution in [3.63, 3.8) is 0 Å². The van der Waals surface area contributed by atoms with Crippen LogP contribution in [0.3, 0.4) is 0 Å². The van der Waals surface area contributed by atoms with Gasteiger partial charge in [0.2, 0.25) is 5.91 Å². The largest absolute Gasteiger partial charge is 0.381 e. The van der Waals surface area contributed by atoms with E-state index in [2.05, 4.69) is 26.1 Å². The first-order chi connectivity index (χ1) is 9.60. The lowest BCUT2D eigenvalue weighted by atomic mass is 10.0. The Morgan fingerprint density at radius 2 is 2.10 bits per heavy atom. The van der Waals surface area contributed by atoms with Gasteiger partial charge < -0.3 is 20.7 Å². The highest BCUT2D eigenvalue weighted by atomic mass is 79.9. The predicted octanol–water partition coefficient (Wildman–Crippen LogP) is 2.02. The summed E-state index contributed by atoms with van der Waals surface area (Å²) in [6.07, 6.45) is 2.39. The molecule has 3 N–H and O–H groups in total. The third-order valence-electron chi connectivity index (χ3n) is 4.11. The zero-order valence-corrected chi connectivity index (χ0v) is 12.9. The first kappa shape index (κ1) is 13.9. The van der Waals surface area contributed by atoms with Gasteiger partial charge in [0, 0.05) is 35.9 Å². The minimum Gasteiger partial charge on any atom is -0.381 e. The van der Waals surface area contributed by atoms with Gasteiger partial charge in [-0.2, -0.15) is 0 Å². The average Bonchev–Trinajstić information content (AvgIpc) is 2.74. The number of amides is 1. The van der Waals surface area contributed by atoms with Crippen LogP contribution in [-0.4, -0.2) is 32.2 Å². The molecule has 3 rings (SSSR count). The fourth-order valence-corrected chi connectivity index (χ4v) is 3.48. The Kier molecular flexibility index (Phi) is 3.70. The van der Waals surface area contributed by atoms with Crippen LogP contribution in [0.2, 0.25) is 0 Å². The molecule has 0 spiro atoms. The van der Waals surface area contributed by atoms with E-state index in [1.807, 2.05) is 12.1 Å². The zero-order valence-electron chi connectivity index (χ0n) is 11.4. The van der Waals surface area contributed by atoms with Crippen LogP contribution in [0, 0.1) is 0 Å². The number of methoxy groups -OCH3 is 1. The molecule has 1 atom stereocenters. The quantitative estimate of drug-likeness (QED) is 0.864. The Hall–Kier alpha value is -1.11. The fraction of sp³-hybridized carbons (Fsp3) is 0.500. The zero-order chi connectivity index (χ0) is 14.3. The van der Waals surface area contributed by atoms with Gasteiger partial charge in [0.1, 0.15) is 6.04 Å². The van der Waals surface area contributed by atoms with Crippen LogP contribution < -0.4 is 16.0 Å². The lowest BCUT2D eigenvalue weighted by Crippen LogP contribution is -2.36. The summed E-state index contributed by atoms with van der Waals surface area (Å²) in [7, 11) is 1.77. The molecular weight excluding hydrogens is 322 g/mol. The van der Waals surface area contributed by atoms with Gasteiger partial charge in [-0.3, -0.25) is 4.79 Å². The van der Waals surface area contributed by atoms with E-state index >= 15 is 0 Å². The van der Waals surface area contributed by atoms with Crippen LogP contribution in [0.4, 0.5) is 11.4 Å². The van der Waals surface area contributed by atoms with Crippen LogP contribution in [0.1, 0.15) is 24.4 Å². The van der Waals surface area contributed by atoms with Gasteiger partial charge >= 0.3 is 0 Å². The monoisotopic (exact) mass is 339 g/mol. The number of ether oxygens (including phenoxy) is 1. The molecule has 2 heterocycles. The molecule has 1 fully saturated rings. The summed E-state index contributed by atoms with van der Waals surface area (Å²) in [6.45, 7) is 1.91. The Balaban J connectivity index is 1.85. The van der Waals surface area contributed by atoms with E-state index in [-0.39, 0.29) is 5.91 Å². The third-order valence-corrected chi connectivity index (χ3v) is 4.75. The number of anilines is 2. The minimum atomic E-state index is -0.561. The third kappa shape index (κ3) is 2.32. The molecule has 0 saturated carbocycles. The van der Waals surface area contributed by atoms with E-state index in [1.54, 1.807) is 7.11 Å². The second-order valence-electron chi connectivity index (χ2n) is 5.28. The standard InChI is InChI=1S/C14H18BrN3O2/c1-20-8-2-4-18(5-3-8)12-7-11-9(6-10(12)15)13(16)14(19)17-11/h6-8,13H,2-5,16H2,1H3,(H,17,19). The molecular formula is C14H18BrN3O2. The molecule has 2 aliphatic rings. The molecule has 0 aliphatic carbocycles. The molecule has 1 amide bonds. The number of fused-ring (bicyclic) bond motifs is 1. The predicted molar refractivity (Wildman–Crippen MR) is 81.9 cm³/mol. The number of piperidine rings is 1. The van der Waals surface area contributed by atoms with Gasteiger partial charge in [-0.1, -0.05) is 0 Å². The number of nitrogens with two attached hydrogens (primary N) is 1. The average molecular weight is 340 g/mol. The highest BCUT2D eigenvalue weighted by Gasteiger charge is 2.29. The maximum absolute atomic E-state index is 11.6. The highest BCUT2D eigenvalue weighted by molar-refractivity contribution is 9.10. The normalized spacial score (nSPS) is 22.9. The maximum Gasteiger partial charge on any atom is 0.245 e. The summed E-state index contributed by atoms with van der Waals surface area (Å²) >= 11 is 3.60. The Bertz CT molecular complexity index is 541. The number of nitrogens with zero attached hydrogens (tertiary/aromatic N) is 1. The smallest absolute Gasteiger partial charge is 0.245 e. The second-order valence-corrected chi connectivity index (χ2v) is 6.13. The van der Waals surface area contributed by atoms with E-state index < -0.39 is 6.04 Å². The van der Waals surface area contributed by atoms with Crippen molar-refractivity contribution in [3.8, 4) is 0 Å². The molecule has 0 bridgehead atoms. The fourth-order valence-electron chi connectivity index (χ4n) is 2.87. The second kappa shape index (κ2) is 5.35. The molecule has 1 aromatic rings. The van der Waals surface area contributed by atoms with E-state index in [9.17, 15) is 4.79 Å². The lowest BCUT2D eigenvalue weighted by Gasteiger charge is -2.33. The molecule has 20 heavy (non-hydrogen) atoms. The SMILES string of the molecule is COC1CCN(c2cc3c(cc2Br)C(N)C(=O)N3)CC1. The van der Waals surface area contributed by atoms with Gasteiger partial charge in [-0.15, -0.1) is 0 Å². The molecule has 108 valence electrons. The number of carbonyl (C=O) groups is 1. The summed E-state index contributed by atoms with van der Waals surface area (Å²) in [6, 6.07) is 3.40. The van der Waals surface area contributed by atoms with Crippen molar-refractivity contribution in [2.24, 2.45) is 5.73 Å². The van der Waals surface area contributed by atoms with Gasteiger partial charge in [0.15, 0.2) is 0 Å². The van der Waals surface area contributed by atoms with Crippen molar-refractivity contribution in [2.45, 2.75) is 25.0 Å². The molecule has 2 aliphatic heterocycles. The van der Waals surface area contributed by atoms with E-state index in [0.717, 1.165) is 47.3 Å². The van der Waals surface area contributed by atoms with Gasteiger partial charge in [-0.25, -0.2) is 0 Å². The Morgan fingerprint density at radius 3 is 2.75 bits per heavy atom. The van der Waals surface area contributed by atoms with Crippen LogP contribution >= 0.6 is 15.9 Å². The minimum absolute atomic E-state index is 0.137. The lowest BCUT2D eigenvalue weighted by molar-refractivity contribution is -0.116. The van der Waals surface area contributed by atoms with Crippen LogP contribution in [0.25, 0.3) is 0 Å². The Morgan fingerprint density at radius 1 is 1.40 bits per heavy atom. The van der Waals surface area contributed by atoms with Crippen molar-refractivity contribution >= 4 is 33.2 Å². The number of rotatable bonds is 2. The van der Waals surface area contributed by atoms with Crippen molar-refractivity contribution in [3.05, 3.63) is 22.2 Å². The van der Waals surface area contributed by atoms with Crippen molar-refractivity contribution in [2.75, 3.05) is 30.4 Å². The number of benzene rings is 1. The maximum atomic E-state index is 11.6. The first-order valence-corrected chi connectivity index (χ1v) is 7.57.